The van der Waals surface area contributed by atoms with E-state index in [1.165, 1.54) is 6.92 Å². The van der Waals surface area contributed by atoms with E-state index in [1.54, 1.807) is 0 Å². The SMILES string of the molecule is CC(C(=O)Nc1nnc(C(F)(F)F)s1)N1C(=O)C2C3C=CC(C3)C2C1=O. The quantitative estimate of drug-likeness (QED) is 0.631. The Morgan fingerprint density at radius 3 is 2.31 bits per heavy atom. The van der Waals surface area contributed by atoms with Crippen molar-refractivity contribution >= 4 is 34.2 Å². The minimum atomic E-state index is -4.66. The minimum absolute atomic E-state index is 0.0132. The maximum Gasteiger partial charge on any atom is 0.445 e. The highest BCUT2D eigenvalue weighted by molar-refractivity contribution is 7.15. The molecule has 1 saturated heterocycles. The Morgan fingerprint density at radius 1 is 1.23 bits per heavy atom. The molecular weight excluding hydrogens is 373 g/mol. The molecule has 11 heteroatoms. The largest absolute Gasteiger partial charge is 0.445 e. The number of hydrogen-bond donors (Lipinski definition) is 1. The summed E-state index contributed by atoms with van der Waals surface area (Å²) in [5.74, 6) is -2.42. The number of fused-ring (bicyclic) bond motifs is 5. The molecule has 1 N–H and O–H groups in total. The molecule has 0 spiro atoms. The fourth-order valence-corrected chi connectivity index (χ4v) is 4.64. The maximum absolute atomic E-state index is 12.6. The third kappa shape index (κ3) is 2.44. The number of halogens is 3. The van der Waals surface area contributed by atoms with Gasteiger partial charge in [0.2, 0.25) is 27.9 Å². The summed E-state index contributed by atoms with van der Waals surface area (Å²) in [4.78, 5) is 38.5. The molecule has 2 fully saturated rings. The van der Waals surface area contributed by atoms with Gasteiger partial charge in [-0.05, 0) is 25.2 Å². The highest BCUT2D eigenvalue weighted by Gasteiger charge is 2.60. The number of rotatable bonds is 3. The molecule has 138 valence electrons. The Morgan fingerprint density at radius 2 is 1.81 bits per heavy atom. The Labute approximate surface area is 149 Å². The van der Waals surface area contributed by atoms with Crippen molar-refractivity contribution in [3.8, 4) is 0 Å². The van der Waals surface area contributed by atoms with Crippen molar-refractivity contribution in [3.05, 3.63) is 17.2 Å². The molecule has 5 unspecified atom stereocenters. The molecule has 1 aromatic heterocycles. The van der Waals surface area contributed by atoms with Crippen molar-refractivity contribution in [2.75, 3.05) is 5.32 Å². The number of likely N-dealkylation sites (tertiary alicyclic amines) is 1. The van der Waals surface area contributed by atoms with E-state index in [0.717, 1.165) is 11.3 Å². The van der Waals surface area contributed by atoms with Crippen LogP contribution in [0.2, 0.25) is 0 Å². The number of carbonyl (C=O) groups excluding carboxylic acids is 3. The van der Waals surface area contributed by atoms with E-state index in [-0.39, 0.29) is 28.3 Å². The number of carbonyl (C=O) groups is 3. The van der Waals surface area contributed by atoms with Gasteiger partial charge in [-0.15, -0.1) is 10.2 Å². The van der Waals surface area contributed by atoms with Crippen molar-refractivity contribution in [1.82, 2.24) is 15.1 Å². The number of anilines is 1. The number of hydrogen-bond acceptors (Lipinski definition) is 6. The molecular formula is C15H13F3N4O3S. The number of allylic oxidation sites excluding steroid dienone is 2. The van der Waals surface area contributed by atoms with Crippen LogP contribution >= 0.6 is 11.3 Å². The monoisotopic (exact) mass is 386 g/mol. The van der Waals surface area contributed by atoms with E-state index >= 15 is 0 Å². The minimum Gasteiger partial charge on any atom is -0.299 e. The fourth-order valence-electron chi connectivity index (χ4n) is 4.02. The van der Waals surface area contributed by atoms with E-state index < -0.39 is 46.8 Å². The lowest BCUT2D eigenvalue weighted by Crippen LogP contribution is -2.46. The van der Waals surface area contributed by atoms with Gasteiger partial charge in [0.25, 0.3) is 0 Å². The number of nitrogens with zero attached hydrogens (tertiary/aromatic N) is 3. The average molecular weight is 386 g/mol. The zero-order chi connectivity index (χ0) is 18.8. The predicted molar refractivity (Wildman–Crippen MR) is 82.6 cm³/mol. The van der Waals surface area contributed by atoms with Crippen LogP contribution in [0.1, 0.15) is 18.4 Å². The lowest BCUT2D eigenvalue weighted by molar-refractivity contribution is -0.146. The van der Waals surface area contributed by atoms with Crippen LogP contribution in [-0.4, -0.2) is 38.9 Å². The van der Waals surface area contributed by atoms with E-state index in [1.807, 2.05) is 12.2 Å². The number of imide groups is 1. The van der Waals surface area contributed by atoms with E-state index in [9.17, 15) is 27.6 Å². The van der Waals surface area contributed by atoms with Crippen LogP contribution in [0.4, 0.5) is 18.3 Å². The zero-order valence-corrected chi connectivity index (χ0v) is 14.2. The van der Waals surface area contributed by atoms with Crippen molar-refractivity contribution in [2.24, 2.45) is 23.7 Å². The molecule has 0 aromatic carbocycles. The third-order valence-corrected chi connectivity index (χ3v) is 6.05. The molecule has 4 rings (SSSR count). The van der Waals surface area contributed by atoms with Crippen LogP contribution in [0.5, 0.6) is 0 Å². The molecule has 7 nitrogen and oxygen atoms in total. The van der Waals surface area contributed by atoms with Crippen LogP contribution in [0.3, 0.4) is 0 Å². The summed E-state index contributed by atoms with van der Waals surface area (Å²) >= 11 is 0.180. The Bertz CT molecular complexity index is 806. The first-order chi connectivity index (χ1) is 12.2. The van der Waals surface area contributed by atoms with Gasteiger partial charge in [-0.2, -0.15) is 13.2 Å². The number of nitrogens with one attached hydrogen (secondary N) is 1. The molecule has 3 amide bonds. The summed E-state index contributed by atoms with van der Waals surface area (Å²) in [5, 5.41) is 6.93. The van der Waals surface area contributed by atoms with Gasteiger partial charge in [-0.25, -0.2) is 0 Å². The van der Waals surface area contributed by atoms with Gasteiger partial charge in [0, 0.05) is 0 Å². The molecule has 0 radical (unpaired) electrons. The molecule has 2 aliphatic carbocycles. The van der Waals surface area contributed by atoms with Crippen molar-refractivity contribution in [2.45, 2.75) is 25.6 Å². The summed E-state index contributed by atoms with van der Waals surface area (Å²) < 4.78 is 37.6. The summed E-state index contributed by atoms with van der Waals surface area (Å²) in [5.41, 5.74) is 0. The summed E-state index contributed by atoms with van der Waals surface area (Å²) in [6, 6.07) is -1.14. The number of amides is 3. The lowest BCUT2D eigenvalue weighted by Gasteiger charge is -2.23. The normalized spacial score (nSPS) is 30.8. The van der Waals surface area contributed by atoms with Gasteiger partial charge in [-0.1, -0.05) is 23.5 Å². The van der Waals surface area contributed by atoms with E-state index in [4.69, 9.17) is 0 Å². The Kier molecular flexibility index (Phi) is 3.69. The molecule has 2 heterocycles. The predicted octanol–water partition coefficient (Wildman–Crippen LogP) is 1.69. The second-order valence-electron chi connectivity index (χ2n) is 6.62. The summed E-state index contributed by atoms with van der Waals surface area (Å²) in [7, 11) is 0. The van der Waals surface area contributed by atoms with E-state index in [2.05, 4.69) is 15.5 Å². The van der Waals surface area contributed by atoms with Crippen LogP contribution in [0, 0.1) is 23.7 Å². The molecule has 3 aliphatic rings. The summed E-state index contributed by atoms with van der Waals surface area (Å²) in [6.07, 6.45) is -0.0145. The number of aromatic nitrogens is 2. The second kappa shape index (κ2) is 5.60. The zero-order valence-electron chi connectivity index (χ0n) is 13.4. The molecule has 1 aliphatic heterocycles. The fraction of sp³-hybridized carbons (Fsp3) is 0.533. The first kappa shape index (κ1) is 17.1. The van der Waals surface area contributed by atoms with Crippen LogP contribution in [-0.2, 0) is 20.6 Å². The van der Waals surface area contributed by atoms with Crippen molar-refractivity contribution in [3.63, 3.8) is 0 Å². The number of alkyl halides is 3. The van der Waals surface area contributed by atoms with Gasteiger partial charge in [0.15, 0.2) is 0 Å². The standard InChI is InChI=1S/C15H13F3N4O3S/c1-5(10(23)19-14-21-20-13(26-14)15(16,17)18)22-11(24)8-6-2-3-7(4-6)9(8)12(22)25/h2-3,5-9H,4H2,1H3,(H,19,21,23). The Balaban J connectivity index is 1.48. The van der Waals surface area contributed by atoms with Crippen molar-refractivity contribution in [1.29, 1.82) is 0 Å². The molecule has 5 atom stereocenters. The van der Waals surface area contributed by atoms with Gasteiger partial charge in [-0.3, -0.25) is 24.6 Å². The highest BCUT2D eigenvalue weighted by atomic mass is 32.1. The molecule has 1 aromatic rings. The van der Waals surface area contributed by atoms with Gasteiger partial charge in [0.05, 0.1) is 11.8 Å². The Hall–Kier alpha value is -2.30. The van der Waals surface area contributed by atoms with Crippen LogP contribution in [0.25, 0.3) is 0 Å². The molecule has 1 saturated carbocycles. The molecule has 2 bridgehead atoms. The van der Waals surface area contributed by atoms with Gasteiger partial charge < -0.3 is 0 Å². The lowest BCUT2D eigenvalue weighted by atomic mass is 9.85. The summed E-state index contributed by atoms with van der Waals surface area (Å²) in [6.45, 7) is 1.37. The second-order valence-corrected chi connectivity index (χ2v) is 7.60. The first-order valence-corrected chi connectivity index (χ1v) is 8.77. The first-order valence-electron chi connectivity index (χ1n) is 7.95. The van der Waals surface area contributed by atoms with Gasteiger partial charge in [0.1, 0.15) is 6.04 Å². The van der Waals surface area contributed by atoms with Crippen molar-refractivity contribution < 1.29 is 27.6 Å². The average Bonchev–Trinajstić information content (AvgIpc) is 3.30. The smallest absolute Gasteiger partial charge is 0.299 e. The highest BCUT2D eigenvalue weighted by Crippen LogP contribution is 2.52. The third-order valence-electron chi connectivity index (χ3n) is 5.17. The topological polar surface area (TPSA) is 92.3 Å². The van der Waals surface area contributed by atoms with Gasteiger partial charge >= 0.3 is 6.18 Å². The molecule has 26 heavy (non-hydrogen) atoms. The maximum atomic E-state index is 12.6. The van der Waals surface area contributed by atoms with Crippen LogP contribution in [0.15, 0.2) is 12.2 Å². The van der Waals surface area contributed by atoms with Crippen LogP contribution < -0.4 is 5.32 Å². The van der Waals surface area contributed by atoms with E-state index in [0.29, 0.717) is 0 Å².